The van der Waals surface area contributed by atoms with Crippen LogP contribution in [0.25, 0.3) is 0 Å². The topological polar surface area (TPSA) is 52.4 Å². The number of nitrogens with zero attached hydrogens (tertiary/aromatic N) is 1. The molecule has 1 aliphatic heterocycles. The third-order valence-corrected chi connectivity index (χ3v) is 3.83. The molecule has 0 amide bonds. The zero-order chi connectivity index (χ0) is 13.1. The molecule has 0 radical (unpaired) electrons. The van der Waals surface area contributed by atoms with Gasteiger partial charge in [-0.25, -0.2) is 0 Å². The van der Waals surface area contributed by atoms with Crippen molar-refractivity contribution in [2.45, 2.75) is 31.2 Å². The van der Waals surface area contributed by atoms with Gasteiger partial charge >= 0.3 is 0 Å². The zero-order valence-corrected chi connectivity index (χ0v) is 11.0. The maximum absolute atomic E-state index is 10.5. The van der Waals surface area contributed by atoms with Gasteiger partial charge in [-0.05, 0) is 25.3 Å². The van der Waals surface area contributed by atoms with Crippen LogP contribution < -0.4 is 0 Å². The molecule has 0 spiro atoms. The molecule has 1 heterocycles. The number of ether oxygens (including phenoxy) is 1. The summed E-state index contributed by atoms with van der Waals surface area (Å²) in [5, 5.41) is 10.6. The first-order valence-electron chi connectivity index (χ1n) is 6.05. The molecule has 1 aromatic carbocycles. The van der Waals surface area contributed by atoms with Crippen LogP contribution >= 0.6 is 11.6 Å². The fraction of sp³-hybridized carbons (Fsp3) is 0.538. The Labute approximate surface area is 111 Å². The van der Waals surface area contributed by atoms with Gasteiger partial charge in [0.25, 0.3) is 5.69 Å². The number of nitro benzene ring substituents is 1. The van der Waals surface area contributed by atoms with E-state index in [1.807, 2.05) is 0 Å². The van der Waals surface area contributed by atoms with E-state index in [4.69, 9.17) is 16.3 Å². The SMILES string of the molecule is CC1CC(C(Cl)Cc2ccc([N+](=O)[O-])cc2)CO1. The average Bonchev–Trinajstić information content (AvgIpc) is 2.76. The Kier molecular flexibility index (Phi) is 4.19. The highest BCUT2D eigenvalue weighted by Gasteiger charge is 2.28. The molecule has 3 atom stereocenters. The number of hydrogen-bond acceptors (Lipinski definition) is 3. The minimum Gasteiger partial charge on any atom is -0.378 e. The van der Waals surface area contributed by atoms with Gasteiger partial charge in [-0.3, -0.25) is 10.1 Å². The monoisotopic (exact) mass is 269 g/mol. The summed E-state index contributed by atoms with van der Waals surface area (Å²) in [6.45, 7) is 2.76. The maximum Gasteiger partial charge on any atom is 0.269 e. The van der Waals surface area contributed by atoms with Crippen LogP contribution in [0.2, 0.25) is 0 Å². The molecule has 1 saturated heterocycles. The minimum absolute atomic E-state index is 0.0245. The van der Waals surface area contributed by atoms with Crippen LogP contribution in [0.4, 0.5) is 5.69 Å². The van der Waals surface area contributed by atoms with Crippen LogP contribution in [0.3, 0.4) is 0 Å². The van der Waals surface area contributed by atoms with Crippen molar-refractivity contribution in [3.63, 3.8) is 0 Å². The first-order chi connectivity index (χ1) is 8.56. The number of rotatable bonds is 4. The Morgan fingerprint density at radius 1 is 1.50 bits per heavy atom. The van der Waals surface area contributed by atoms with E-state index >= 15 is 0 Å². The van der Waals surface area contributed by atoms with E-state index in [0.717, 1.165) is 18.4 Å². The van der Waals surface area contributed by atoms with Gasteiger partial charge in [0.1, 0.15) is 0 Å². The van der Waals surface area contributed by atoms with Gasteiger partial charge in [-0.15, -0.1) is 11.6 Å². The number of hydrogen-bond donors (Lipinski definition) is 0. The number of benzene rings is 1. The van der Waals surface area contributed by atoms with E-state index in [-0.39, 0.29) is 17.2 Å². The largest absolute Gasteiger partial charge is 0.378 e. The lowest BCUT2D eigenvalue weighted by Gasteiger charge is -2.15. The molecule has 1 aliphatic rings. The van der Waals surface area contributed by atoms with Crippen molar-refractivity contribution >= 4 is 17.3 Å². The first-order valence-corrected chi connectivity index (χ1v) is 6.49. The van der Waals surface area contributed by atoms with E-state index in [2.05, 4.69) is 6.92 Å². The third-order valence-electron chi connectivity index (χ3n) is 3.32. The second-order valence-electron chi connectivity index (χ2n) is 4.78. The summed E-state index contributed by atoms with van der Waals surface area (Å²) in [5.74, 6) is 0.372. The van der Waals surface area contributed by atoms with E-state index in [1.54, 1.807) is 12.1 Å². The second-order valence-corrected chi connectivity index (χ2v) is 5.34. The van der Waals surface area contributed by atoms with E-state index in [1.165, 1.54) is 12.1 Å². The van der Waals surface area contributed by atoms with Gasteiger partial charge in [-0.1, -0.05) is 12.1 Å². The van der Waals surface area contributed by atoms with Crippen LogP contribution in [0, 0.1) is 16.0 Å². The molecule has 2 rings (SSSR count). The maximum atomic E-state index is 10.5. The summed E-state index contributed by atoms with van der Waals surface area (Å²) in [5.41, 5.74) is 1.14. The lowest BCUT2D eigenvalue weighted by atomic mass is 9.96. The smallest absolute Gasteiger partial charge is 0.269 e. The molecule has 0 aromatic heterocycles. The lowest BCUT2D eigenvalue weighted by molar-refractivity contribution is -0.384. The Morgan fingerprint density at radius 3 is 2.67 bits per heavy atom. The number of nitro groups is 1. The van der Waals surface area contributed by atoms with Gasteiger partial charge in [-0.2, -0.15) is 0 Å². The predicted octanol–water partition coefficient (Wildman–Crippen LogP) is 3.17. The molecular formula is C13H16ClNO3. The summed E-state index contributed by atoms with van der Waals surface area (Å²) in [7, 11) is 0. The van der Waals surface area contributed by atoms with Crippen molar-refractivity contribution in [2.24, 2.45) is 5.92 Å². The highest BCUT2D eigenvalue weighted by atomic mass is 35.5. The Hall–Kier alpha value is -1.13. The number of non-ortho nitro benzene ring substituents is 1. The summed E-state index contributed by atoms with van der Waals surface area (Å²) in [6, 6.07) is 6.58. The lowest BCUT2D eigenvalue weighted by Crippen LogP contribution is -2.17. The van der Waals surface area contributed by atoms with Gasteiger partial charge in [0.2, 0.25) is 0 Å². The molecule has 18 heavy (non-hydrogen) atoms. The van der Waals surface area contributed by atoms with Crippen molar-refractivity contribution in [1.82, 2.24) is 0 Å². The molecular weight excluding hydrogens is 254 g/mol. The number of halogens is 1. The average molecular weight is 270 g/mol. The van der Waals surface area contributed by atoms with E-state index in [0.29, 0.717) is 12.5 Å². The molecule has 1 fully saturated rings. The summed E-state index contributed by atoms with van der Waals surface area (Å²) >= 11 is 6.38. The van der Waals surface area contributed by atoms with Gasteiger partial charge < -0.3 is 4.74 Å². The fourth-order valence-electron chi connectivity index (χ4n) is 2.25. The predicted molar refractivity (Wildman–Crippen MR) is 70.0 cm³/mol. The van der Waals surface area contributed by atoms with Crippen LogP contribution in [0.15, 0.2) is 24.3 Å². The normalized spacial score (nSPS) is 25.0. The zero-order valence-electron chi connectivity index (χ0n) is 10.2. The molecule has 0 N–H and O–H groups in total. The van der Waals surface area contributed by atoms with Gasteiger partial charge in [0.15, 0.2) is 0 Å². The molecule has 1 aromatic rings. The summed E-state index contributed by atoms with van der Waals surface area (Å²) in [4.78, 5) is 10.1. The van der Waals surface area contributed by atoms with Crippen molar-refractivity contribution < 1.29 is 9.66 Å². The van der Waals surface area contributed by atoms with Crippen LogP contribution in [0.5, 0.6) is 0 Å². The highest BCUT2D eigenvalue weighted by Crippen LogP contribution is 2.28. The Morgan fingerprint density at radius 2 is 2.17 bits per heavy atom. The Balaban J connectivity index is 1.94. The molecule has 5 heteroatoms. The molecule has 98 valence electrons. The standard InChI is InChI=1S/C13H16ClNO3/c1-9-6-11(8-18-9)13(14)7-10-2-4-12(5-3-10)15(16)17/h2-5,9,11,13H,6-8H2,1H3. The first kappa shape index (κ1) is 13.3. The second kappa shape index (κ2) is 5.67. The molecule has 0 bridgehead atoms. The van der Waals surface area contributed by atoms with Crippen molar-refractivity contribution in [3.05, 3.63) is 39.9 Å². The Bertz CT molecular complexity index is 421. The molecule has 0 saturated carbocycles. The van der Waals surface area contributed by atoms with Gasteiger partial charge in [0, 0.05) is 23.4 Å². The fourth-order valence-corrected chi connectivity index (χ4v) is 2.60. The van der Waals surface area contributed by atoms with Crippen LogP contribution in [0.1, 0.15) is 18.9 Å². The molecule has 4 nitrogen and oxygen atoms in total. The minimum atomic E-state index is -0.394. The van der Waals surface area contributed by atoms with Crippen LogP contribution in [-0.4, -0.2) is 23.0 Å². The quantitative estimate of drug-likeness (QED) is 0.479. The van der Waals surface area contributed by atoms with Gasteiger partial charge in [0.05, 0.1) is 17.6 Å². The number of alkyl halides is 1. The summed E-state index contributed by atoms with van der Waals surface area (Å²) in [6.07, 6.45) is 2.00. The summed E-state index contributed by atoms with van der Waals surface area (Å²) < 4.78 is 5.50. The highest BCUT2D eigenvalue weighted by molar-refractivity contribution is 6.20. The van der Waals surface area contributed by atoms with Crippen LogP contribution in [-0.2, 0) is 11.2 Å². The molecule has 0 aliphatic carbocycles. The van der Waals surface area contributed by atoms with E-state index < -0.39 is 4.92 Å². The van der Waals surface area contributed by atoms with E-state index in [9.17, 15) is 10.1 Å². The van der Waals surface area contributed by atoms with Crippen molar-refractivity contribution in [1.29, 1.82) is 0 Å². The van der Waals surface area contributed by atoms with Crippen molar-refractivity contribution in [2.75, 3.05) is 6.61 Å². The third kappa shape index (κ3) is 3.21. The molecule has 3 unspecified atom stereocenters. The van der Waals surface area contributed by atoms with Crippen molar-refractivity contribution in [3.8, 4) is 0 Å².